The van der Waals surface area contributed by atoms with Gasteiger partial charge in [-0.3, -0.25) is 19.6 Å². The molecular weight excluding hydrogens is 336 g/mol. The van der Waals surface area contributed by atoms with Crippen molar-refractivity contribution in [1.82, 2.24) is 19.7 Å². The highest BCUT2D eigenvalue weighted by atomic mass is 16.2. The van der Waals surface area contributed by atoms with Crippen LogP contribution in [0, 0.1) is 6.92 Å². The van der Waals surface area contributed by atoms with E-state index in [-0.39, 0.29) is 11.9 Å². The first-order valence-electron chi connectivity index (χ1n) is 9.67. The van der Waals surface area contributed by atoms with Gasteiger partial charge in [0, 0.05) is 45.1 Å². The number of carbonyl (C=O) groups excluding carboxylic acids is 1. The predicted octanol–water partition coefficient (Wildman–Crippen LogP) is 2.73. The molecule has 0 radical (unpaired) electrons. The van der Waals surface area contributed by atoms with E-state index in [9.17, 15) is 4.79 Å². The molecule has 0 aliphatic carbocycles. The highest BCUT2D eigenvalue weighted by Gasteiger charge is 2.29. The molecule has 1 aromatic heterocycles. The van der Waals surface area contributed by atoms with E-state index >= 15 is 0 Å². The molecule has 1 aliphatic rings. The molecule has 0 bridgehead atoms. The first-order chi connectivity index (χ1) is 13.0. The van der Waals surface area contributed by atoms with E-state index in [0.29, 0.717) is 0 Å². The van der Waals surface area contributed by atoms with Gasteiger partial charge >= 0.3 is 0 Å². The first kappa shape index (κ1) is 19.5. The van der Waals surface area contributed by atoms with Crippen molar-refractivity contribution in [2.45, 2.75) is 25.9 Å². The zero-order valence-corrected chi connectivity index (χ0v) is 16.6. The number of hydrogen-bond acceptors (Lipinski definition) is 4. The van der Waals surface area contributed by atoms with Gasteiger partial charge in [-0.15, -0.1) is 0 Å². The van der Waals surface area contributed by atoms with Crippen LogP contribution in [0.25, 0.3) is 0 Å². The van der Waals surface area contributed by atoms with Gasteiger partial charge in [-0.05, 0) is 44.6 Å². The Kier molecular flexibility index (Phi) is 6.58. The summed E-state index contributed by atoms with van der Waals surface area (Å²) in [5, 5.41) is 0. The molecule has 1 fully saturated rings. The van der Waals surface area contributed by atoms with Gasteiger partial charge in [-0.25, -0.2) is 0 Å². The molecule has 1 aliphatic heterocycles. The summed E-state index contributed by atoms with van der Waals surface area (Å²) in [4.78, 5) is 24.0. The molecular formula is C22H30N4O. The normalized spacial score (nSPS) is 17.0. The number of nitrogens with zero attached hydrogens (tertiary/aromatic N) is 4. The van der Waals surface area contributed by atoms with Crippen molar-refractivity contribution in [3.63, 3.8) is 0 Å². The van der Waals surface area contributed by atoms with Crippen molar-refractivity contribution in [3.05, 3.63) is 65.5 Å². The zero-order valence-electron chi connectivity index (χ0n) is 16.6. The lowest BCUT2D eigenvalue weighted by Gasteiger charge is -2.30. The van der Waals surface area contributed by atoms with Crippen molar-refractivity contribution in [1.29, 1.82) is 0 Å². The second kappa shape index (κ2) is 9.11. The van der Waals surface area contributed by atoms with Gasteiger partial charge in [-0.1, -0.05) is 35.9 Å². The molecule has 0 N–H and O–H groups in total. The zero-order chi connectivity index (χ0) is 19.2. The molecule has 1 amide bonds. The number of carbonyl (C=O) groups is 1. The Labute approximate surface area is 162 Å². The molecule has 27 heavy (non-hydrogen) atoms. The number of rotatable bonds is 5. The average Bonchev–Trinajstić information content (AvgIpc) is 2.90. The molecule has 0 spiro atoms. The third-order valence-electron chi connectivity index (χ3n) is 5.17. The third-order valence-corrected chi connectivity index (χ3v) is 5.17. The van der Waals surface area contributed by atoms with Crippen molar-refractivity contribution in [3.8, 4) is 0 Å². The number of pyridine rings is 1. The van der Waals surface area contributed by atoms with Crippen molar-refractivity contribution >= 4 is 5.91 Å². The van der Waals surface area contributed by atoms with E-state index < -0.39 is 0 Å². The molecule has 2 heterocycles. The molecule has 3 rings (SSSR count). The quantitative estimate of drug-likeness (QED) is 0.816. The lowest BCUT2D eigenvalue weighted by Crippen LogP contribution is -2.42. The fourth-order valence-electron chi connectivity index (χ4n) is 3.68. The van der Waals surface area contributed by atoms with Gasteiger partial charge in [0.2, 0.25) is 5.91 Å². The van der Waals surface area contributed by atoms with E-state index in [1.54, 1.807) is 6.20 Å². The molecule has 1 aromatic carbocycles. The van der Waals surface area contributed by atoms with Crippen LogP contribution in [0.4, 0.5) is 0 Å². The van der Waals surface area contributed by atoms with Crippen LogP contribution in [0.15, 0.2) is 48.8 Å². The molecule has 1 atom stereocenters. The minimum Gasteiger partial charge on any atom is -0.340 e. The van der Waals surface area contributed by atoms with E-state index in [2.05, 4.69) is 47.1 Å². The molecule has 5 nitrogen and oxygen atoms in total. The summed E-state index contributed by atoms with van der Waals surface area (Å²) in [6.45, 7) is 6.46. The highest BCUT2D eigenvalue weighted by Crippen LogP contribution is 2.22. The van der Waals surface area contributed by atoms with Gasteiger partial charge in [0.15, 0.2) is 0 Å². The van der Waals surface area contributed by atoms with Gasteiger partial charge in [-0.2, -0.15) is 0 Å². The summed E-state index contributed by atoms with van der Waals surface area (Å²) in [5.74, 6) is 0.201. The van der Waals surface area contributed by atoms with Crippen LogP contribution in [0.1, 0.15) is 29.2 Å². The summed E-state index contributed by atoms with van der Waals surface area (Å²) in [6.07, 6.45) is 4.73. The van der Waals surface area contributed by atoms with Crippen LogP contribution in [-0.4, -0.2) is 65.9 Å². The minimum atomic E-state index is -0.226. The number of aryl methyl sites for hydroxylation is 1. The number of hydrogen-bond donors (Lipinski definition) is 0. The lowest BCUT2D eigenvalue weighted by molar-refractivity contribution is -0.136. The Bertz CT molecular complexity index is 730. The average molecular weight is 367 g/mol. The minimum absolute atomic E-state index is 0.201. The summed E-state index contributed by atoms with van der Waals surface area (Å²) >= 11 is 0. The van der Waals surface area contributed by atoms with Crippen LogP contribution in [-0.2, 0) is 11.3 Å². The van der Waals surface area contributed by atoms with Crippen molar-refractivity contribution < 1.29 is 4.79 Å². The van der Waals surface area contributed by atoms with Gasteiger partial charge < -0.3 is 4.90 Å². The maximum absolute atomic E-state index is 13.3. The van der Waals surface area contributed by atoms with E-state index in [1.165, 1.54) is 11.1 Å². The van der Waals surface area contributed by atoms with E-state index in [4.69, 9.17) is 0 Å². The van der Waals surface area contributed by atoms with Crippen LogP contribution in [0.3, 0.4) is 0 Å². The predicted molar refractivity (Wildman–Crippen MR) is 108 cm³/mol. The Balaban J connectivity index is 1.66. The second-order valence-corrected chi connectivity index (χ2v) is 7.59. The lowest BCUT2D eigenvalue weighted by atomic mass is 10.0. The smallest absolute Gasteiger partial charge is 0.244 e. The summed E-state index contributed by atoms with van der Waals surface area (Å²) in [6, 6.07) is 12.2. The monoisotopic (exact) mass is 366 g/mol. The number of aromatic nitrogens is 1. The summed E-state index contributed by atoms with van der Waals surface area (Å²) in [7, 11) is 3.96. The molecule has 0 saturated carbocycles. The van der Waals surface area contributed by atoms with E-state index in [1.807, 2.05) is 36.2 Å². The molecule has 0 unspecified atom stereocenters. The highest BCUT2D eigenvalue weighted by molar-refractivity contribution is 5.83. The standard InChI is InChI=1S/C22H30N4O/c1-18-7-9-20(10-8-18)21(24(2)3)22(27)26-13-5-12-25(14-15-26)17-19-6-4-11-23-16-19/h4,6-11,16,21H,5,12-15,17H2,1-3H3/t21-/m0/s1. The van der Waals surface area contributed by atoms with Crippen molar-refractivity contribution in [2.75, 3.05) is 40.3 Å². The maximum atomic E-state index is 13.3. The third kappa shape index (κ3) is 5.15. The van der Waals surface area contributed by atoms with Gasteiger partial charge in [0.25, 0.3) is 0 Å². The number of benzene rings is 1. The van der Waals surface area contributed by atoms with E-state index in [0.717, 1.165) is 44.7 Å². The first-order valence-corrected chi connectivity index (χ1v) is 9.67. The van der Waals surface area contributed by atoms with Gasteiger partial charge in [0.05, 0.1) is 0 Å². The maximum Gasteiger partial charge on any atom is 0.244 e. The molecule has 1 saturated heterocycles. The SMILES string of the molecule is Cc1ccc([C@@H](C(=O)N2CCCN(Cc3cccnc3)CC2)N(C)C)cc1. The Morgan fingerprint density at radius 1 is 1.11 bits per heavy atom. The van der Waals surface area contributed by atoms with Gasteiger partial charge in [0.1, 0.15) is 6.04 Å². The topological polar surface area (TPSA) is 39.7 Å². The van der Waals surface area contributed by atoms with Crippen LogP contribution < -0.4 is 0 Å². The number of amides is 1. The fourth-order valence-corrected chi connectivity index (χ4v) is 3.68. The molecule has 2 aromatic rings. The molecule has 5 heteroatoms. The van der Waals surface area contributed by atoms with Crippen LogP contribution in [0.2, 0.25) is 0 Å². The van der Waals surface area contributed by atoms with Crippen LogP contribution in [0.5, 0.6) is 0 Å². The Hall–Kier alpha value is -2.24. The Morgan fingerprint density at radius 3 is 2.56 bits per heavy atom. The summed E-state index contributed by atoms with van der Waals surface area (Å²) < 4.78 is 0. The number of likely N-dealkylation sites (N-methyl/N-ethyl adjacent to an activating group) is 1. The fraction of sp³-hybridized carbons (Fsp3) is 0.455. The van der Waals surface area contributed by atoms with Crippen LogP contribution >= 0.6 is 0 Å². The second-order valence-electron chi connectivity index (χ2n) is 7.59. The summed E-state index contributed by atoms with van der Waals surface area (Å²) in [5.41, 5.74) is 3.50. The largest absolute Gasteiger partial charge is 0.340 e. The van der Waals surface area contributed by atoms with Crippen molar-refractivity contribution in [2.24, 2.45) is 0 Å². The molecule has 144 valence electrons. The Morgan fingerprint density at radius 2 is 1.89 bits per heavy atom.